The first-order valence-corrected chi connectivity index (χ1v) is 5.50. The highest BCUT2D eigenvalue weighted by molar-refractivity contribution is 5.78. The Kier molecular flexibility index (Phi) is 2.96. The molecular formula is C12H13N3O2. The van der Waals surface area contributed by atoms with E-state index in [9.17, 15) is 4.79 Å². The first-order valence-electron chi connectivity index (χ1n) is 5.50. The van der Waals surface area contributed by atoms with Gasteiger partial charge in [-0.25, -0.2) is 9.78 Å². The second-order valence-electron chi connectivity index (χ2n) is 4.16. The third-order valence-electron chi connectivity index (χ3n) is 2.90. The molecule has 0 amide bonds. The van der Waals surface area contributed by atoms with Crippen molar-refractivity contribution in [3.05, 3.63) is 23.4 Å². The fourth-order valence-electron chi connectivity index (χ4n) is 2.16. The van der Waals surface area contributed by atoms with Gasteiger partial charge in [0.15, 0.2) is 0 Å². The molecule has 1 aromatic heterocycles. The molecule has 1 aliphatic heterocycles. The Hall–Kier alpha value is -2.09. The summed E-state index contributed by atoms with van der Waals surface area (Å²) in [5, 5.41) is 18.0. The smallest absolute Gasteiger partial charge is 0.326 e. The van der Waals surface area contributed by atoms with E-state index in [4.69, 9.17) is 10.4 Å². The zero-order chi connectivity index (χ0) is 12.4. The van der Waals surface area contributed by atoms with Crippen molar-refractivity contribution in [1.29, 1.82) is 5.26 Å². The first-order chi connectivity index (χ1) is 8.11. The van der Waals surface area contributed by atoms with E-state index in [0.29, 0.717) is 24.3 Å². The summed E-state index contributed by atoms with van der Waals surface area (Å²) in [6.45, 7) is 2.48. The lowest BCUT2D eigenvalue weighted by Crippen LogP contribution is -2.36. The lowest BCUT2D eigenvalue weighted by atomic mass is 10.2. The molecule has 2 heterocycles. The van der Waals surface area contributed by atoms with Gasteiger partial charge in [-0.15, -0.1) is 0 Å². The van der Waals surface area contributed by atoms with Crippen molar-refractivity contribution >= 4 is 11.8 Å². The molecule has 0 unspecified atom stereocenters. The minimum Gasteiger partial charge on any atom is -0.480 e. The van der Waals surface area contributed by atoms with Crippen LogP contribution in [0.1, 0.15) is 24.1 Å². The largest absolute Gasteiger partial charge is 0.480 e. The predicted molar refractivity (Wildman–Crippen MR) is 61.7 cm³/mol. The number of anilines is 1. The van der Waals surface area contributed by atoms with E-state index < -0.39 is 12.0 Å². The van der Waals surface area contributed by atoms with Crippen LogP contribution in [0.2, 0.25) is 0 Å². The van der Waals surface area contributed by atoms with Gasteiger partial charge in [-0.1, -0.05) is 0 Å². The van der Waals surface area contributed by atoms with Crippen molar-refractivity contribution in [2.75, 3.05) is 11.4 Å². The molecule has 2 rings (SSSR count). The van der Waals surface area contributed by atoms with Gasteiger partial charge in [0, 0.05) is 12.2 Å². The van der Waals surface area contributed by atoms with Crippen molar-refractivity contribution in [2.45, 2.75) is 25.8 Å². The molecule has 1 aliphatic rings. The van der Waals surface area contributed by atoms with Crippen molar-refractivity contribution in [1.82, 2.24) is 4.98 Å². The van der Waals surface area contributed by atoms with Crippen LogP contribution in [0.4, 0.5) is 5.82 Å². The minimum absolute atomic E-state index is 0.517. The Balaban J connectivity index is 2.37. The maximum absolute atomic E-state index is 11.1. The molecule has 1 fully saturated rings. The Morgan fingerprint density at radius 1 is 1.65 bits per heavy atom. The molecule has 0 bridgehead atoms. The lowest BCUT2D eigenvalue weighted by Gasteiger charge is -2.22. The van der Waals surface area contributed by atoms with Gasteiger partial charge in [0.05, 0.1) is 11.6 Å². The van der Waals surface area contributed by atoms with Crippen LogP contribution in [0, 0.1) is 18.3 Å². The van der Waals surface area contributed by atoms with E-state index in [1.54, 1.807) is 24.0 Å². The molecule has 1 aromatic rings. The summed E-state index contributed by atoms with van der Waals surface area (Å²) in [6.07, 6.45) is 1.47. The predicted octanol–water partition coefficient (Wildman–Crippen LogP) is 1.32. The van der Waals surface area contributed by atoms with Crippen LogP contribution in [-0.2, 0) is 4.79 Å². The van der Waals surface area contributed by atoms with Crippen molar-refractivity contribution in [3.63, 3.8) is 0 Å². The number of hydrogen-bond acceptors (Lipinski definition) is 4. The Bertz CT molecular complexity index is 493. The van der Waals surface area contributed by atoms with Crippen LogP contribution < -0.4 is 4.90 Å². The number of nitriles is 1. The van der Waals surface area contributed by atoms with Gasteiger partial charge in [0.2, 0.25) is 0 Å². The van der Waals surface area contributed by atoms with Gasteiger partial charge in [-0.05, 0) is 31.9 Å². The molecule has 0 spiro atoms. The fourth-order valence-corrected chi connectivity index (χ4v) is 2.16. The van der Waals surface area contributed by atoms with E-state index in [1.807, 2.05) is 0 Å². The number of nitrogens with zero attached hydrogens (tertiary/aromatic N) is 3. The van der Waals surface area contributed by atoms with Gasteiger partial charge in [0.25, 0.3) is 0 Å². The van der Waals surface area contributed by atoms with E-state index in [-0.39, 0.29) is 0 Å². The minimum atomic E-state index is -0.829. The maximum atomic E-state index is 11.1. The number of aromatic nitrogens is 1. The van der Waals surface area contributed by atoms with Crippen LogP contribution in [0.25, 0.3) is 0 Å². The third-order valence-corrected chi connectivity index (χ3v) is 2.90. The van der Waals surface area contributed by atoms with Crippen LogP contribution in [0.15, 0.2) is 12.1 Å². The number of carboxylic acids is 1. The van der Waals surface area contributed by atoms with Gasteiger partial charge in [-0.2, -0.15) is 5.26 Å². The monoisotopic (exact) mass is 231 g/mol. The molecule has 0 aromatic carbocycles. The standard InChI is InChI=1S/C12H13N3O2/c1-8-5-9(7-13)6-11(14-8)15-4-2-3-10(15)12(16)17/h5-6,10H,2-4H2,1H3,(H,16,17)/t10-/m1/s1. The summed E-state index contributed by atoms with van der Waals surface area (Å²) in [6, 6.07) is 4.88. The quantitative estimate of drug-likeness (QED) is 0.830. The van der Waals surface area contributed by atoms with Gasteiger partial charge in [0.1, 0.15) is 11.9 Å². The first kappa shape index (κ1) is 11.4. The molecule has 5 heteroatoms. The van der Waals surface area contributed by atoms with Gasteiger partial charge < -0.3 is 10.0 Å². The number of carbonyl (C=O) groups is 1. The highest BCUT2D eigenvalue weighted by atomic mass is 16.4. The van der Waals surface area contributed by atoms with Gasteiger partial charge >= 0.3 is 5.97 Å². The van der Waals surface area contributed by atoms with Gasteiger partial charge in [-0.3, -0.25) is 0 Å². The summed E-state index contributed by atoms with van der Waals surface area (Å²) >= 11 is 0. The summed E-state index contributed by atoms with van der Waals surface area (Å²) in [7, 11) is 0. The summed E-state index contributed by atoms with van der Waals surface area (Å²) in [4.78, 5) is 17.2. The maximum Gasteiger partial charge on any atom is 0.326 e. The zero-order valence-corrected chi connectivity index (χ0v) is 9.55. The average Bonchev–Trinajstić information content (AvgIpc) is 2.77. The molecule has 0 aliphatic carbocycles. The number of rotatable bonds is 2. The van der Waals surface area contributed by atoms with Crippen molar-refractivity contribution in [2.24, 2.45) is 0 Å². The second kappa shape index (κ2) is 4.42. The lowest BCUT2D eigenvalue weighted by molar-refractivity contribution is -0.138. The number of aliphatic carboxylic acids is 1. The second-order valence-corrected chi connectivity index (χ2v) is 4.16. The van der Waals surface area contributed by atoms with E-state index in [1.165, 1.54) is 0 Å². The Morgan fingerprint density at radius 2 is 2.41 bits per heavy atom. The molecule has 5 nitrogen and oxygen atoms in total. The molecule has 0 radical (unpaired) electrons. The van der Waals surface area contributed by atoms with Crippen molar-refractivity contribution < 1.29 is 9.90 Å². The SMILES string of the molecule is Cc1cc(C#N)cc(N2CCC[C@@H]2C(=O)O)n1. The zero-order valence-electron chi connectivity index (χ0n) is 9.55. The average molecular weight is 231 g/mol. The summed E-state index contributed by atoms with van der Waals surface area (Å²) < 4.78 is 0. The number of carboxylic acid groups (broad SMARTS) is 1. The Morgan fingerprint density at radius 3 is 3.06 bits per heavy atom. The van der Waals surface area contributed by atoms with Crippen LogP contribution in [0.3, 0.4) is 0 Å². The third kappa shape index (κ3) is 2.21. The fraction of sp³-hybridized carbons (Fsp3) is 0.417. The van der Waals surface area contributed by atoms with E-state index in [2.05, 4.69) is 11.1 Å². The molecule has 1 N–H and O–H groups in total. The highest BCUT2D eigenvalue weighted by Gasteiger charge is 2.31. The van der Waals surface area contributed by atoms with Crippen LogP contribution in [0.5, 0.6) is 0 Å². The summed E-state index contributed by atoms with van der Waals surface area (Å²) in [5.41, 5.74) is 1.25. The molecular weight excluding hydrogens is 218 g/mol. The van der Waals surface area contributed by atoms with Crippen LogP contribution >= 0.6 is 0 Å². The normalized spacial score (nSPS) is 19.1. The molecule has 1 saturated heterocycles. The number of aryl methyl sites for hydroxylation is 1. The summed E-state index contributed by atoms with van der Waals surface area (Å²) in [5.74, 6) is -0.240. The Labute approximate surface area is 99.3 Å². The van der Waals surface area contributed by atoms with E-state index in [0.717, 1.165) is 12.1 Å². The van der Waals surface area contributed by atoms with E-state index >= 15 is 0 Å². The topological polar surface area (TPSA) is 77.2 Å². The molecule has 1 atom stereocenters. The van der Waals surface area contributed by atoms with Crippen molar-refractivity contribution in [3.8, 4) is 6.07 Å². The number of hydrogen-bond donors (Lipinski definition) is 1. The molecule has 88 valence electrons. The molecule has 17 heavy (non-hydrogen) atoms. The van der Waals surface area contributed by atoms with Crippen LogP contribution in [-0.4, -0.2) is 28.6 Å². The molecule has 0 saturated carbocycles. The highest BCUT2D eigenvalue weighted by Crippen LogP contribution is 2.25. The number of pyridine rings is 1.